The number of hydrogen-bond donors (Lipinski definition) is 0. The van der Waals surface area contributed by atoms with Crippen LogP contribution in [0.4, 0.5) is 0 Å². The van der Waals surface area contributed by atoms with Gasteiger partial charge in [0, 0.05) is 0 Å². The van der Waals surface area contributed by atoms with Crippen LogP contribution in [0.3, 0.4) is 0 Å². The van der Waals surface area contributed by atoms with E-state index in [1.54, 1.807) is 0 Å². The lowest BCUT2D eigenvalue weighted by Crippen LogP contribution is -1.82. The Hall–Kier alpha value is 0.532. The van der Waals surface area contributed by atoms with E-state index in [1.165, 1.54) is 96.3 Å². The highest BCUT2D eigenvalue weighted by molar-refractivity contribution is 5.75. The predicted molar refractivity (Wildman–Crippen MR) is 90.5 cm³/mol. The van der Waals surface area contributed by atoms with Gasteiger partial charge in [-0.2, -0.15) is 0 Å². The van der Waals surface area contributed by atoms with E-state index in [4.69, 9.17) is 0 Å². The molecule has 0 aromatic carbocycles. The van der Waals surface area contributed by atoms with Crippen molar-refractivity contribution in [1.29, 1.82) is 0 Å². The van der Waals surface area contributed by atoms with Crippen LogP contribution in [0.5, 0.6) is 0 Å². The smallest absolute Gasteiger partial charge is 0.0654 e. The lowest BCUT2D eigenvalue weighted by Gasteiger charge is -2.02. The van der Waals surface area contributed by atoms with Gasteiger partial charge in [0.15, 0.2) is 17.4 Å². The summed E-state index contributed by atoms with van der Waals surface area (Å²) >= 11 is 0. The first-order chi connectivity index (χ1) is 8.41. The molecule has 0 aliphatic rings. The fourth-order valence-corrected chi connectivity index (χ4v) is 2.44. The number of rotatable bonds is 14. The zero-order valence-corrected chi connectivity index (χ0v) is 12.6. The molecule has 0 saturated heterocycles. The molecule has 0 spiro atoms. The summed E-state index contributed by atoms with van der Waals surface area (Å²) in [5.41, 5.74) is 0. The summed E-state index contributed by atoms with van der Waals surface area (Å²) in [5, 5.41) is 0. The highest BCUT2D eigenvalue weighted by Crippen LogP contribution is 2.13. The van der Waals surface area contributed by atoms with Crippen LogP contribution in [-0.2, 0) is 0 Å². The molecule has 0 aromatic rings. The van der Waals surface area contributed by atoms with Crippen molar-refractivity contribution < 1.29 is 0 Å². The third kappa shape index (κ3) is 18.9. The fraction of sp³-hybridized carbons (Fsp3) is 1.00. The van der Waals surface area contributed by atoms with Gasteiger partial charge in [0.05, 0.1) is 0 Å². The minimum absolute atomic E-state index is 0. The van der Waals surface area contributed by atoms with Gasteiger partial charge in [-0.05, 0) is 0 Å². The molecule has 0 rings (SSSR count). The van der Waals surface area contributed by atoms with Crippen LogP contribution < -0.4 is 0 Å². The summed E-state index contributed by atoms with van der Waals surface area (Å²) in [5.74, 6) is 0. The molecule has 0 saturated carbocycles. The van der Waals surface area contributed by atoms with Crippen molar-refractivity contribution in [1.82, 2.24) is 0 Å². The summed E-state index contributed by atoms with van der Waals surface area (Å²) in [6.45, 7) is 4.58. The molecule has 0 amide bonds. The molecule has 0 nitrogen and oxygen atoms in total. The van der Waals surface area contributed by atoms with Gasteiger partial charge < -0.3 is 0 Å². The first-order valence-electron chi connectivity index (χ1n) is 8.41. The number of unbranched alkanes of at least 4 members (excludes halogenated alkanes) is 14. The van der Waals surface area contributed by atoms with Crippen molar-refractivity contribution in [3.05, 3.63) is 0 Å². The maximum Gasteiger partial charge on any atom is 0.187 e. The highest BCUT2D eigenvalue weighted by Gasteiger charge is 1.93. The second-order valence-corrected chi connectivity index (χ2v) is 5.60. The van der Waals surface area contributed by atoms with Crippen molar-refractivity contribution in [2.75, 3.05) is 0 Å². The molecule has 0 bridgehead atoms. The van der Waals surface area contributed by atoms with Crippen LogP contribution in [0, 0.1) is 0 Å². The minimum atomic E-state index is 0. The van der Waals surface area contributed by atoms with Crippen LogP contribution >= 0.6 is 0 Å². The van der Waals surface area contributed by atoms with Gasteiger partial charge in [-0.1, -0.05) is 110 Å². The Kier molecular flexibility index (Phi) is 23.0. The Morgan fingerprint density at radius 2 is 0.500 bits per heavy atom. The van der Waals surface area contributed by atoms with Gasteiger partial charge >= 0.3 is 0 Å². The molecule has 0 aliphatic heterocycles. The van der Waals surface area contributed by atoms with Gasteiger partial charge in [-0.15, -0.1) is 0 Å². The fourth-order valence-electron chi connectivity index (χ4n) is 2.44. The maximum absolute atomic E-state index is 2.29. The minimum Gasteiger partial charge on any atom is -0.0654 e. The van der Waals surface area contributed by atoms with Crippen molar-refractivity contribution in [2.24, 2.45) is 0 Å². The Bertz CT molecular complexity index is 109. The molecule has 0 fully saturated rings. The first kappa shape index (κ1) is 20.8. The molecule has 0 aromatic heterocycles. The summed E-state index contributed by atoms with van der Waals surface area (Å²) in [4.78, 5) is 0. The van der Waals surface area contributed by atoms with E-state index in [-0.39, 0.29) is 17.4 Å². The Morgan fingerprint density at radius 1 is 0.333 bits per heavy atom. The second-order valence-electron chi connectivity index (χ2n) is 5.60. The zero-order chi connectivity index (χ0) is 12.6. The molecule has 0 N–H and O–H groups in total. The van der Waals surface area contributed by atoms with E-state index in [1.807, 2.05) is 0 Å². The molecule has 0 unspecified atom stereocenters. The van der Waals surface area contributed by atoms with E-state index >= 15 is 0 Å². The summed E-state index contributed by atoms with van der Waals surface area (Å²) in [6.07, 6.45) is 21.9. The van der Waals surface area contributed by atoms with Crippen molar-refractivity contribution in [2.45, 2.75) is 110 Å². The summed E-state index contributed by atoms with van der Waals surface area (Å²) < 4.78 is 0. The molecule has 110 valence electrons. The molecular weight excluding hydrogens is 231 g/mol. The van der Waals surface area contributed by atoms with Crippen LogP contribution in [0.1, 0.15) is 110 Å². The predicted octanol–water partition coefficient (Wildman–Crippen LogP) is 5.69. The van der Waals surface area contributed by atoms with Crippen molar-refractivity contribution in [3.8, 4) is 0 Å². The van der Waals surface area contributed by atoms with E-state index in [9.17, 15) is 0 Å². The maximum atomic E-state index is 2.29. The molecule has 0 heterocycles. The van der Waals surface area contributed by atoms with Crippen LogP contribution in [0.2, 0.25) is 0 Å². The zero-order valence-electron chi connectivity index (χ0n) is 12.6. The lowest BCUT2D eigenvalue weighted by molar-refractivity contribution is 0.534. The van der Waals surface area contributed by atoms with Crippen molar-refractivity contribution >= 4 is 17.4 Å². The molecule has 0 radical (unpaired) electrons. The van der Waals surface area contributed by atoms with Crippen LogP contribution in [0.15, 0.2) is 0 Å². The Labute approximate surface area is 127 Å². The van der Waals surface area contributed by atoms with E-state index in [0.29, 0.717) is 0 Å². The van der Waals surface area contributed by atoms with Gasteiger partial charge in [-0.3, -0.25) is 0 Å². The third-order valence-electron chi connectivity index (χ3n) is 3.71. The highest BCUT2D eigenvalue weighted by atomic mass is 27.0. The lowest BCUT2D eigenvalue weighted by atomic mass is 10.0. The largest absolute Gasteiger partial charge is 0.187 e. The molecule has 0 aliphatic carbocycles. The van der Waals surface area contributed by atoms with E-state index in [2.05, 4.69) is 13.8 Å². The van der Waals surface area contributed by atoms with Crippen molar-refractivity contribution in [3.63, 3.8) is 0 Å². The summed E-state index contributed by atoms with van der Waals surface area (Å²) in [6, 6.07) is 0. The normalized spacial score (nSPS) is 10.3. The quantitative estimate of drug-likeness (QED) is 0.281. The molecular formula is C17H39Al. The van der Waals surface area contributed by atoms with E-state index in [0.717, 1.165) is 0 Å². The standard InChI is InChI=1S/C17H36.Al.3H/c1-3-5-7-9-11-13-15-17-16-14-12-10-8-6-4-2;;;;/h3-17H2,1-2H3;;;;. The van der Waals surface area contributed by atoms with Gasteiger partial charge in [0.1, 0.15) is 0 Å². The Balaban J connectivity index is 0. The van der Waals surface area contributed by atoms with Gasteiger partial charge in [-0.25, -0.2) is 0 Å². The summed E-state index contributed by atoms with van der Waals surface area (Å²) in [7, 11) is 0. The number of hydrogen-bond acceptors (Lipinski definition) is 0. The molecule has 1 heteroatoms. The average Bonchev–Trinajstić information content (AvgIpc) is 2.35. The Morgan fingerprint density at radius 3 is 0.667 bits per heavy atom. The molecule has 18 heavy (non-hydrogen) atoms. The third-order valence-corrected chi connectivity index (χ3v) is 3.71. The van der Waals surface area contributed by atoms with Crippen LogP contribution in [0.25, 0.3) is 0 Å². The second kappa shape index (κ2) is 19.9. The van der Waals surface area contributed by atoms with E-state index < -0.39 is 0 Å². The monoisotopic (exact) mass is 270 g/mol. The molecule has 0 atom stereocenters. The first-order valence-corrected chi connectivity index (χ1v) is 8.41. The topological polar surface area (TPSA) is 0 Å². The average molecular weight is 270 g/mol. The SMILES string of the molecule is CCCCCCCCCCCCCCCCC.[AlH3]. The van der Waals surface area contributed by atoms with Gasteiger partial charge in [0.2, 0.25) is 0 Å². The van der Waals surface area contributed by atoms with Crippen LogP contribution in [-0.4, -0.2) is 17.4 Å². The van der Waals surface area contributed by atoms with Gasteiger partial charge in [0.25, 0.3) is 0 Å².